The lowest BCUT2D eigenvalue weighted by atomic mass is 10.1. The Bertz CT molecular complexity index is 323. The third-order valence-electron chi connectivity index (χ3n) is 2.83. The lowest BCUT2D eigenvalue weighted by Gasteiger charge is -2.23. The van der Waals surface area contributed by atoms with Crippen LogP contribution < -0.4 is 10.6 Å². The molecule has 0 fully saturated rings. The number of nitrogens with two attached hydrogens (primary N) is 1. The highest BCUT2D eigenvalue weighted by molar-refractivity contribution is 5.65. The van der Waals surface area contributed by atoms with Gasteiger partial charge >= 0.3 is 0 Å². The zero-order valence-electron chi connectivity index (χ0n) is 10.1. The molecule has 0 radical (unpaired) electrons. The van der Waals surface area contributed by atoms with E-state index in [1.807, 2.05) is 26.2 Å². The predicted octanol–water partition coefficient (Wildman–Crippen LogP) is 2.45. The van der Waals surface area contributed by atoms with E-state index in [0.29, 0.717) is 5.92 Å². The molecule has 1 heterocycles. The van der Waals surface area contributed by atoms with Crippen molar-refractivity contribution in [2.45, 2.75) is 27.2 Å². The van der Waals surface area contributed by atoms with Crippen LogP contribution in [0.5, 0.6) is 0 Å². The number of hydrogen-bond donors (Lipinski definition) is 1. The predicted molar refractivity (Wildman–Crippen MR) is 66.1 cm³/mol. The Kier molecular flexibility index (Phi) is 3.95. The quantitative estimate of drug-likeness (QED) is 0.824. The molecule has 3 nitrogen and oxygen atoms in total. The fourth-order valence-electron chi connectivity index (χ4n) is 1.54. The smallest absolute Gasteiger partial charge is 0.151 e. The SMILES string of the molecule is CCC(C)CN(C)c1nccc(C)c1N. The summed E-state index contributed by atoms with van der Waals surface area (Å²) in [5.74, 6) is 1.56. The molecule has 0 amide bonds. The number of aryl methyl sites for hydroxylation is 1. The van der Waals surface area contributed by atoms with Gasteiger partial charge in [0.1, 0.15) is 0 Å². The Balaban J connectivity index is 2.82. The molecule has 1 aromatic heterocycles. The van der Waals surface area contributed by atoms with Crippen LogP contribution in [-0.2, 0) is 0 Å². The van der Waals surface area contributed by atoms with Gasteiger partial charge in [0.25, 0.3) is 0 Å². The van der Waals surface area contributed by atoms with E-state index in [9.17, 15) is 0 Å². The van der Waals surface area contributed by atoms with Crippen LogP contribution in [0.4, 0.5) is 11.5 Å². The van der Waals surface area contributed by atoms with Gasteiger partial charge in [-0.1, -0.05) is 20.3 Å². The normalized spacial score (nSPS) is 12.5. The molecule has 0 aliphatic carbocycles. The number of nitrogens with zero attached hydrogens (tertiary/aromatic N) is 2. The van der Waals surface area contributed by atoms with E-state index in [0.717, 1.165) is 23.6 Å². The molecule has 1 rings (SSSR count). The molecule has 3 heteroatoms. The lowest BCUT2D eigenvalue weighted by molar-refractivity contribution is 0.558. The van der Waals surface area contributed by atoms with Crippen molar-refractivity contribution < 1.29 is 0 Å². The van der Waals surface area contributed by atoms with Crippen molar-refractivity contribution in [2.75, 3.05) is 24.2 Å². The number of rotatable bonds is 4. The number of anilines is 2. The molecule has 1 aromatic rings. The Morgan fingerprint density at radius 2 is 2.20 bits per heavy atom. The van der Waals surface area contributed by atoms with Gasteiger partial charge in [0, 0.05) is 19.8 Å². The van der Waals surface area contributed by atoms with Crippen molar-refractivity contribution in [1.82, 2.24) is 4.98 Å². The van der Waals surface area contributed by atoms with Crippen LogP contribution in [-0.4, -0.2) is 18.6 Å². The summed E-state index contributed by atoms with van der Waals surface area (Å²) >= 11 is 0. The second-order valence-corrected chi connectivity index (χ2v) is 4.26. The molecule has 0 aliphatic heterocycles. The molecule has 84 valence electrons. The molecule has 0 spiro atoms. The Morgan fingerprint density at radius 3 is 2.80 bits per heavy atom. The molecule has 0 saturated heterocycles. The second-order valence-electron chi connectivity index (χ2n) is 4.26. The molecule has 0 saturated carbocycles. The molecule has 0 aromatic carbocycles. The maximum atomic E-state index is 6.00. The summed E-state index contributed by atoms with van der Waals surface area (Å²) < 4.78 is 0. The van der Waals surface area contributed by atoms with E-state index >= 15 is 0 Å². The molecule has 2 N–H and O–H groups in total. The van der Waals surface area contributed by atoms with Gasteiger partial charge in [-0.15, -0.1) is 0 Å². The summed E-state index contributed by atoms with van der Waals surface area (Å²) in [5, 5.41) is 0. The monoisotopic (exact) mass is 207 g/mol. The minimum Gasteiger partial charge on any atom is -0.396 e. The van der Waals surface area contributed by atoms with Crippen LogP contribution in [0.15, 0.2) is 12.3 Å². The first-order chi connectivity index (χ1) is 7.06. The van der Waals surface area contributed by atoms with Crippen LogP contribution in [0, 0.1) is 12.8 Å². The van der Waals surface area contributed by atoms with Crippen LogP contribution >= 0.6 is 0 Å². The molecular formula is C12H21N3. The minimum atomic E-state index is 0.664. The zero-order valence-corrected chi connectivity index (χ0v) is 10.1. The molecule has 15 heavy (non-hydrogen) atoms. The van der Waals surface area contributed by atoms with E-state index in [1.54, 1.807) is 0 Å². The number of pyridine rings is 1. The maximum absolute atomic E-state index is 6.00. The third-order valence-corrected chi connectivity index (χ3v) is 2.83. The van der Waals surface area contributed by atoms with Gasteiger partial charge < -0.3 is 10.6 Å². The second kappa shape index (κ2) is 5.01. The van der Waals surface area contributed by atoms with Crippen molar-refractivity contribution >= 4 is 11.5 Å². The Hall–Kier alpha value is -1.25. The average molecular weight is 207 g/mol. The maximum Gasteiger partial charge on any atom is 0.151 e. The van der Waals surface area contributed by atoms with Gasteiger partial charge in [0.15, 0.2) is 5.82 Å². The summed E-state index contributed by atoms with van der Waals surface area (Å²) in [7, 11) is 2.05. The van der Waals surface area contributed by atoms with Crippen molar-refractivity contribution in [1.29, 1.82) is 0 Å². The van der Waals surface area contributed by atoms with Crippen molar-refractivity contribution in [2.24, 2.45) is 5.92 Å². The van der Waals surface area contributed by atoms with E-state index in [-0.39, 0.29) is 0 Å². The van der Waals surface area contributed by atoms with Crippen molar-refractivity contribution in [3.63, 3.8) is 0 Å². The summed E-state index contributed by atoms with van der Waals surface area (Å²) in [5.41, 5.74) is 7.88. The van der Waals surface area contributed by atoms with E-state index in [4.69, 9.17) is 5.73 Å². The van der Waals surface area contributed by atoms with Crippen molar-refractivity contribution in [3.05, 3.63) is 17.8 Å². The van der Waals surface area contributed by atoms with E-state index in [1.165, 1.54) is 6.42 Å². The first kappa shape index (κ1) is 11.8. The van der Waals surface area contributed by atoms with Gasteiger partial charge in [-0.25, -0.2) is 4.98 Å². The highest BCUT2D eigenvalue weighted by atomic mass is 15.2. The first-order valence-electron chi connectivity index (χ1n) is 5.48. The summed E-state index contributed by atoms with van der Waals surface area (Å²) in [6.07, 6.45) is 2.99. The fourth-order valence-corrected chi connectivity index (χ4v) is 1.54. The average Bonchev–Trinajstić information content (AvgIpc) is 2.21. The highest BCUT2D eigenvalue weighted by Gasteiger charge is 2.10. The van der Waals surface area contributed by atoms with E-state index < -0.39 is 0 Å². The van der Waals surface area contributed by atoms with Crippen LogP contribution in [0.25, 0.3) is 0 Å². The Labute approximate surface area is 92.3 Å². The summed E-state index contributed by atoms with van der Waals surface area (Å²) in [4.78, 5) is 6.46. The molecule has 1 atom stereocenters. The molecular weight excluding hydrogens is 186 g/mol. The minimum absolute atomic E-state index is 0.664. The summed E-state index contributed by atoms with van der Waals surface area (Å²) in [6.45, 7) is 7.45. The Morgan fingerprint density at radius 1 is 1.53 bits per heavy atom. The van der Waals surface area contributed by atoms with Crippen LogP contribution in [0.2, 0.25) is 0 Å². The zero-order chi connectivity index (χ0) is 11.4. The molecule has 0 bridgehead atoms. The highest BCUT2D eigenvalue weighted by Crippen LogP contribution is 2.22. The van der Waals surface area contributed by atoms with Crippen LogP contribution in [0.1, 0.15) is 25.8 Å². The summed E-state index contributed by atoms with van der Waals surface area (Å²) in [6, 6.07) is 1.94. The molecule has 0 aliphatic rings. The van der Waals surface area contributed by atoms with Gasteiger partial charge in [0.2, 0.25) is 0 Å². The van der Waals surface area contributed by atoms with Gasteiger partial charge in [-0.3, -0.25) is 0 Å². The largest absolute Gasteiger partial charge is 0.396 e. The number of aromatic nitrogens is 1. The third kappa shape index (κ3) is 2.85. The van der Waals surface area contributed by atoms with Crippen molar-refractivity contribution in [3.8, 4) is 0 Å². The fraction of sp³-hybridized carbons (Fsp3) is 0.583. The van der Waals surface area contributed by atoms with Crippen LogP contribution in [0.3, 0.4) is 0 Å². The number of hydrogen-bond acceptors (Lipinski definition) is 3. The van der Waals surface area contributed by atoms with Gasteiger partial charge in [-0.2, -0.15) is 0 Å². The first-order valence-corrected chi connectivity index (χ1v) is 5.48. The topological polar surface area (TPSA) is 42.2 Å². The van der Waals surface area contributed by atoms with Gasteiger partial charge in [-0.05, 0) is 24.5 Å². The van der Waals surface area contributed by atoms with E-state index in [2.05, 4.69) is 23.7 Å². The number of nitrogen functional groups attached to an aromatic ring is 1. The molecule has 1 unspecified atom stereocenters. The standard InChI is InChI=1S/C12H21N3/c1-5-9(2)8-15(4)12-11(13)10(3)6-7-14-12/h6-7,9H,5,8,13H2,1-4H3. The lowest BCUT2D eigenvalue weighted by Crippen LogP contribution is -2.25. The van der Waals surface area contributed by atoms with Gasteiger partial charge in [0.05, 0.1) is 5.69 Å².